The Bertz CT molecular complexity index is 383. The van der Waals surface area contributed by atoms with Crippen molar-refractivity contribution in [3.8, 4) is 0 Å². The van der Waals surface area contributed by atoms with E-state index in [1.165, 1.54) is 11.1 Å². The number of morpholine rings is 1. The maximum absolute atomic E-state index is 5.94. The van der Waals surface area contributed by atoms with E-state index in [4.69, 9.17) is 4.74 Å². The highest BCUT2D eigenvalue weighted by molar-refractivity contribution is 5.26. The molecule has 2 heterocycles. The Morgan fingerprint density at radius 2 is 2.44 bits per heavy atom. The lowest BCUT2D eigenvalue weighted by Crippen LogP contribution is -2.47. The Balaban J connectivity index is 2.15. The van der Waals surface area contributed by atoms with E-state index in [1.807, 2.05) is 19.4 Å². The number of nitrogens with one attached hydrogen (secondary N) is 1. The predicted octanol–water partition coefficient (Wildman–Crippen LogP) is 1.37. The molecule has 1 fully saturated rings. The minimum Gasteiger partial charge on any atom is -0.374 e. The van der Waals surface area contributed by atoms with Gasteiger partial charge in [0.25, 0.3) is 0 Å². The molecule has 0 saturated carbocycles. The molecule has 18 heavy (non-hydrogen) atoms. The fourth-order valence-electron chi connectivity index (χ4n) is 2.56. The van der Waals surface area contributed by atoms with Gasteiger partial charge in [-0.1, -0.05) is 6.92 Å². The first kappa shape index (κ1) is 13.5. The van der Waals surface area contributed by atoms with Crippen molar-refractivity contribution in [1.82, 2.24) is 15.2 Å². The average Bonchev–Trinajstić information content (AvgIpc) is 2.42. The van der Waals surface area contributed by atoms with Crippen LogP contribution in [-0.2, 0) is 4.74 Å². The smallest absolute Gasteiger partial charge is 0.0897 e. The molecule has 1 aromatic rings. The van der Waals surface area contributed by atoms with E-state index in [0.717, 1.165) is 26.2 Å². The molecule has 1 saturated heterocycles. The van der Waals surface area contributed by atoms with E-state index in [2.05, 4.69) is 35.1 Å². The molecule has 0 aromatic carbocycles. The van der Waals surface area contributed by atoms with E-state index in [9.17, 15) is 0 Å². The van der Waals surface area contributed by atoms with Gasteiger partial charge in [0, 0.05) is 25.5 Å². The first-order valence-electron chi connectivity index (χ1n) is 6.68. The van der Waals surface area contributed by atoms with Gasteiger partial charge in [-0.2, -0.15) is 0 Å². The number of rotatable bonds is 4. The monoisotopic (exact) mass is 249 g/mol. The molecule has 0 bridgehead atoms. The van der Waals surface area contributed by atoms with Gasteiger partial charge in [-0.05, 0) is 37.7 Å². The van der Waals surface area contributed by atoms with Crippen LogP contribution in [0.4, 0.5) is 0 Å². The van der Waals surface area contributed by atoms with Crippen LogP contribution in [0.25, 0.3) is 0 Å². The van der Waals surface area contributed by atoms with E-state index in [0.29, 0.717) is 0 Å². The maximum Gasteiger partial charge on any atom is 0.0897 e. The SMILES string of the molecule is CCN1CCOC(C(NC)c2cnccc2C)C1. The van der Waals surface area contributed by atoms with Crippen molar-refractivity contribution in [3.63, 3.8) is 0 Å². The van der Waals surface area contributed by atoms with Crippen molar-refractivity contribution in [2.24, 2.45) is 0 Å². The predicted molar refractivity (Wildman–Crippen MR) is 72.6 cm³/mol. The summed E-state index contributed by atoms with van der Waals surface area (Å²) >= 11 is 0. The van der Waals surface area contributed by atoms with Gasteiger partial charge in [0.15, 0.2) is 0 Å². The van der Waals surface area contributed by atoms with Crippen LogP contribution in [0.15, 0.2) is 18.5 Å². The third-order valence-electron chi connectivity index (χ3n) is 3.72. The summed E-state index contributed by atoms with van der Waals surface area (Å²) in [6.07, 6.45) is 3.99. The number of aromatic nitrogens is 1. The Labute approximate surface area is 109 Å². The molecule has 1 aliphatic heterocycles. The summed E-state index contributed by atoms with van der Waals surface area (Å²) < 4.78 is 5.94. The lowest BCUT2D eigenvalue weighted by atomic mass is 9.98. The van der Waals surface area contributed by atoms with Crippen LogP contribution < -0.4 is 5.32 Å². The van der Waals surface area contributed by atoms with Crippen LogP contribution in [0.1, 0.15) is 24.1 Å². The molecule has 4 heteroatoms. The minimum absolute atomic E-state index is 0.201. The van der Waals surface area contributed by atoms with Crippen molar-refractivity contribution in [2.75, 3.05) is 33.3 Å². The summed E-state index contributed by atoms with van der Waals surface area (Å²) in [5.74, 6) is 0. The molecule has 2 unspecified atom stereocenters. The molecule has 1 aliphatic rings. The molecular weight excluding hydrogens is 226 g/mol. The highest BCUT2D eigenvalue weighted by Gasteiger charge is 2.28. The maximum atomic E-state index is 5.94. The third-order valence-corrected chi connectivity index (χ3v) is 3.72. The van der Waals surface area contributed by atoms with Crippen molar-refractivity contribution < 1.29 is 4.74 Å². The average molecular weight is 249 g/mol. The third kappa shape index (κ3) is 2.88. The molecule has 1 N–H and O–H groups in total. The van der Waals surface area contributed by atoms with Crippen molar-refractivity contribution in [1.29, 1.82) is 0 Å². The van der Waals surface area contributed by atoms with Gasteiger partial charge in [-0.15, -0.1) is 0 Å². The summed E-state index contributed by atoms with van der Waals surface area (Å²) in [7, 11) is 1.99. The topological polar surface area (TPSA) is 37.4 Å². The first-order chi connectivity index (χ1) is 8.76. The zero-order chi connectivity index (χ0) is 13.0. The zero-order valence-corrected chi connectivity index (χ0v) is 11.5. The Kier molecular flexibility index (Phi) is 4.69. The van der Waals surface area contributed by atoms with E-state index in [-0.39, 0.29) is 12.1 Å². The van der Waals surface area contributed by atoms with Crippen LogP contribution >= 0.6 is 0 Å². The van der Waals surface area contributed by atoms with Crippen molar-refractivity contribution in [3.05, 3.63) is 29.6 Å². The van der Waals surface area contributed by atoms with Gasteiger partial charge in [0.1, 0.15) is 0 Å². The van der Waals surface area contributed by atoms with Crippen LogP contribution in [0.5, 0.6) is 0 Å². The molecule has 2 atom stereocenters. The highest BCUT2D eigenvalue weighted by atomic mass is 16.5. The van der Waals surface area contributed by atoms with Crippen molar-refractivity contribution >= 4 is 0 Å². The van der Waals surface area contributed by atoms with Gasteiger partial charge in [-0.25, -0.2) is 0 Å². The number of aryl methyl sites for hydroxylation is 1. The second-order valence-electron chi connectivity index (χ2n) is 4.80. The lowest BCUT2D eigenvalue weighted by Gasteiger charge is -2.36. The fourth-order valence-corrected chi connectivity index (χ4v) is 2.56. The standard InChI is InChI=1S/C14H23N3O/c1-4-17-7-8-18-13(10-17)14(15-3)12-9-16-6-5-11(12)2/h5-6,9,13-15H,4,7-8,10H2,1-3H3. The summed E-state index contributed by atoms with van der Waals surface area (Å²) in [5, 5.41) is 3.38. The molecule has 0 radical (unpaired) electrons. The number of likely N-dealkylation sites (N-methyl/N-ethyl adjacent to an activating group) is 2. The summed E-state index contributed by atoms with van der Waals surface area (Å²) in [4.78, 5) is 6.67. The Morgan fingerprint density at radius 1 is 1.61 bits per heavy atom. The zero-order valence-electron chi connectivity index (χ0n) is 11.5. The molecule has 2 rings (SSSR count). The number of hydrogen-bond acceptors (Lipinski definition) is 4. The van der Waals surface area contributed by atoms with Crippen LogP contribution in [0.3, 0.4) is 0 Å². The van der Waals surface area contributed by atoms with Gasteiger partial charge in [-0.3, -0.25) is 9.88 Å². The van der Waals surface area contributed by atoms with E-state index < -0.39 is 0 Å². The summed E-state index contributed by atoms with van der Waals surface area (Å²) in [5.41, 5.74) is 2.50. The lowest BCUT2D eigenvalue weighted by molar-refractivity contribution is -0.0445. The van der Waals surface area contributed by atoms with E-state index >= 15 is 0 Å². The van der Waals surface area contributed by atoms with Crippen molar-refractivity contribution in [2.45, 2.75) is 26.0 Å². The van der Waals surface area contributed by atoms with Gasteiger partial charge < -0.3 is 10.1 Å². The van der Waals surface area contributed by atoms with Gasteiger partial charge >= 0.3 is 0 Å². The Hall–Kier alpha value is -0.970. The highest BCUT2D eigenvalue weighted by Crippen LogP contribution is 2.24. The Morgan fingerprint density at radius 3 is 3.11 bits per heavy atom. The largest absolute Gasteiger partial charge is 0.374 e. The minimum atomic E-state index is 0.201. The fraction of sp³-hybridized carbons (Fsp3) is 0.643. The number of ether oxygens (including phenoxy) is 1. The van der Waals surface area contributed by atoms with Crippen LogP contribution in [0.2, 0.25) is 0 Å². The van der Waals surface area contributed by atoms with E-state index in [1.54, 1.807) is 0 Å². The first-order valence-corrected chi connectivity index (χ1v) is 6.68. The summed E-state index contributed by atoms with van der Waals surface area (Å²) in [6.45, 7) is 8.25. The number of nitrogens with zero attached hydrogens (tertiary/aromatic N) is 2. The van der Waals surface area contributed by atoms with Gasteiger partial charge in [0.05, 0.1) is 18.8 Å². The second-order valence-corrected chi connectivity index (χ2v) is 4.80. The molecular formula is C14H23N3O. The number of hydrogen-bond donors (Lipinski definition) is 1. The van der Waals surface area contributed by atoms with Crippen LogP contribution in [0, 0.1) is 6.92 Å². The molecule has 1 aromatic heterocycles. The quantitative estimate of drug-likeness (QED) is 0.874. The molecule has 100 valence electrons. The molecule has 4 nitrogen and oxygen atoms in total. The second kappa shape index (κ2) is 6.27. The summed E-state index contributed by atoms with van der Waals surface area (Å²) in [6, 6.07) is 2.27. The van der Waals surface area contributed by atoms with Crippen LogP contribution in [-0.4, -0.2) is 49.3 Å². The van der Waals surface area contributed by atoms with Gasteiger partial charge in [0.2, 0.25) is 0 Å². The molecule has 0 aliphatic carbocycles. The molecule has 0 amide bonds. The molecule has 0 spiro atoms. The normalized spacial score (nSPS) is 22.9. The number of pyridine rings is 1.